The quantitative estimate of drug-likeness (QED) is 0.789. The average molecular weight is 293 g/mol. The molecule has 8 heteroatoms. The summed E-state index contributed by atoms with van der Waals surface area (Å²) in [5.74, 6) is -2.23. The van der Waals surface area contributed by atoms with Gasteiger partial charge in [-0.25, -0.2) is 4.79 Å². The molecule has 1 aromatic rings. The topological polar surface area (TPSA) is 103 Å². The molecule has 2 aliphatic rings. The number of hydrogen-bond donors (Lipinski definition) is 2. The lowest BCUT2D eigenvalue weighted by Gasteiger charge is -2.37. The summed E-state index contributed by atoms with van der Waals surface area (Å²) in [5, 5.41) is 20.5. The van der Waals surface area contributed by atoms with E-state index in [1.54, 1.807) is 17.0 Å². The lowest BCUT2D eigenvalue weighted by atomic mass is 10.2. The third-order valence-corrected chi connectivity index (χ3v) is 3.80. The zero-order chi connectivity index (χ0) is 15.3. The van der Waals surface area contributed by atoms with Crippen molar-refractivity contribution in [3.05, 3.63) is 27.7 Å². The third kappa shape index (κ3) is 2.12. The molecular weight excluding hydrogens is 278 g/mol. The fourth-order valence-corrected chi connectivity index (χ4v) is 2.49. The van der Waals surface area contributed by atoms with Crippen LogP contribution in [0.25, 0.3) is 0 Å². The van der Waals surface area contributed by atoms with Crippen LogP contribution in [0.5, 0.6) is 5.75 Å². The van der Waals surface area contributed by atoms with Gasteiger partial charge in [-0.1, -0.05) is 0 Å². The van der Waals surface area contributed by atoms with E-state index >= 15 is 0 Å². The van der Waals surface area contributed by atoms with Crippen molar-refractivity contribution in [2.24, 2.45) is 5.92 Å². The second kappa shape index (κ2) is 4.51. The lowest BCUT2D eigenvalue weighted by Crippen LogP contribution is -2.53. The van der Waals surface area contributed by atoms with Crippen LogP contribution in [0.2, 0.25) is 0 Å². The van der Waals surface area contributed by atoms with E-state index in [0.29, 0.717) is 12.5 Å². The molecule has 1 saturated carbocycles. The minimum atomic E-state index is -1.44. The molecule has 8 nitrogen and oxygen atoms in total. The Balaban J connectivity index is 2.10. The van der Waals surface area contributed by atoms with Crippen molar-refractivity contribution in [2.75, 3.05) is 25.3 Å². The molecule has 1 aliphatic heterocycles. The molecule has 21 heavy (non-hydrogen) atoms. The van der Waals surface area contributed by atoms with Gasteiger partial charge in [0.25, 0.3) is 5.91 Å². The molecule has 2 N–H and O–H groups in total. The summed E-state index contributed by atoms with van der Waals surface area (Å²) in [6.07, 6.45) is 3.22. The number of carboxylic acids is 1. The summed E-state index contributed by atoms with van der Waals surface area (Å²) in [6.45, 7) is 0.862. The van der Waals surface area contributed by atoms with E-state index in [1.165, 1.54) is 4.68 Å². The van der Waals surface area contributed by atoms with Crippen LogP contribution < -0.4 is 10.4 Å². The van der Waals surface area contributed by atoms with Gasteiger partial charge < -0.3 is 15.1 Å². The highest BCUT2D eigenvalue weighted by Crippen LogP contribution is 2.31. The molecule has 0 aromatic carbocycles. The standard InChI is InChI=1S/C13H15N3O5/c1-14-6-15(4-7-2-3-7)12(19)9-11(18)10(17)8(13(20)21)5-16(9)14/h5,7,18H,2-4,6H2,1H3,(H,20,21). The predicted molar refractivity (Wildman–Crippen MR) is 72.1 cm³/mol. The largest absolute Gasteiger partial charge is 0.502 e. The number of carboxylic acid groups (broad SMARTS) is 1. The molecular formula is C13H15N3O5. The maximum absolute atomic E-state index is 12.4. The van der Waals surface area contributed by atoms with Crippen molar-refractivity contribution in [1.82, 2.24) is 9.58 Å². The summed E-state index contributed by atoms with van der Waals surface area (Å²) in [6, 6.07) is 0. The number of hydrogen-bond acceptors (Lipinski definition) is 5. The summed E-state index contributed by atoms with van der Waals surface area (Å²) in [4.78, 5) is 36.8. The summed E-state index contributed by atoms with van der Waals surface area (Å²) < 4.78 is 1.23. The predicted octanol–water partition coefficient (Wildman–Crippen LogP) is -0.357. The Kier molecular flexibility index (Phi) is 2.89. The van der Waals surface area contributed by atoms with E-state index in [4.69, 9.17) is 5.11 Å². The molecule has 2 heterocycles. The number of aromatic nitrogens is 1. The molecule has 0 unspecified atom stereocenters. The fraction of sp³-hybridized carbons (Fsp3) is 0.462. The molecule has 1 fully saturated rings. The molecule has 0 saturated heterocycles. The van der Waals surface area contributed by atoms with Crippen LogP contribution >= 0.6 is 0 Å². The Bertz CT molecular complexity index is 692. The van der Waals surface area contributed by atoms with Gasteiger partial charge in [-0.3, -0.25) is 19.3 Å². The monoisotopic (exact) mass is 293 g/mol. The number of rotatable bonds is 3. The Morgan fingerprint density at radius 1 is 1.38 bits per heavy atom. The summed E-state index contributed by atoms with van der Waals surface area (Å²) in [7, 11) is 1.66. The van der Waals surface area contributed by atoms with Gasteiger partial charge in [0.05, 0.1) is 0 Å². The molecule has 1 aliphatic carbocycles. The normalized spacial score (nSPS) is 17.9. The number of amides is 1. The third-order valence-electron chi connectivity index (χ3n) is 3.80. The van der Waals surface area contributed by atoms with Crippen molar-refractivity contribution in [1.29, 1.82) is 0 Å². The van der Waals surface area contributed by atoms with Gasteiger partial charge >= 0.3 is 5.97 Å². The number of fused-ring (bicyclic) bond motifs is 1. The van der Waals surface area contributed by atoms with Crippen LogP contribution in [0, 0.1) is 5.92 Å². The second-order valence-electron chi connectivity index (χ2n) is 5.49. The fourth-order valence-electron chi connectivity index (χ4n) is 2.49. The van der Waals surface area contributed by atoms with Crippen LogP contribution in [-0.4, -0.2) is 51.9 Å². The Hall–Kier alpha value is -2.51. The van der Waals surface area contributed by atoms with Gasteiger partial charge in [0.1, 0.15) is 12.2 Å². The van der Waals surface area contributed by atoms with Gasteiger partial charge in [-0.15, -0.1) is 0 Å². The highest BCUT2D eigenvalue weighted by molar-refractivity contribution is 5.97. The van der Waals surface area contributed by atoms with Gasteiger partial charge in [-0.05, 0) is 18.8 Å². The van der Waals surface area contributed by atoms with Gasteiger partial charge in [0.15, 0.2) is 11.4 Å². The molecule has 0 atom stereocenters. The maximum Gasteiger partial charge on any atom is 0.341 e. The minimum Gasteiger partial charge on any atom is -0.502 e. The number of aromatic carboxylic acids is 1. The number of carbonyl (C=O) groups is 2. The van der Waals surface area contributed by atoms with Crippen molar-refractivity contribution >= 4 is 11.9 Å². The van der Waals surface area contributed by atoms with Crippen molar-refractivity contribution < 1.29 is 19.8 Å². The van der Waals surface area contributed by atoms with Crippen LogP contribution in [-0.2, 0) is 0 Å². The van der Waals surface area contributed by atoms with Crippen LogP contribution in [0.4, 0.5) is 0 Å². The molecule has 0 spiro atoms. The van der Waals surface area contributed by atoms with Gasteiger partial charge in [-0.2, -0.15) is 0 Å². The van der Waals surface area contributed by atoms with Gasteiger partial charge in [0.2, 0.25) is 5.43 Å². The number of pyridine rings is 1. The maximum atomic E-state index is 12.4. The van der Waals surface area contributed by atoms with E-state index < -0.39 is 28.6 Å². The number of carbonyl (C=O) groups excluding carboxylic acids is 1. The first kappa shape index (κ1) is 13.5. The molecule has 1 aromatic heterocycles. The summed E-state index contributed by atoms with van der Waals surface area (Å²) >= 11 is 0. The van der Waals surface area contributed by atoms with E-state index in [9.17, 15) is 19.5 Å². The summed E-state index contributed by atoms with van der Waals surface area (Å²) in [5.41, 5.74) is -1.78. The van der Waals surface area contributed by atoms with E-state index in [0.717, 1.165) is 19.0 Å². The molecule has 112 valence electrons. The Morgan fingerprint density at radius 3 is 2.62 bits per heavy atom. The zero-order valence-electron chi connectivity index (χ0n) is 11.4. The van der Waals surface area contributed by atoms with Crippen LogP contribution in [0.1, 0.15) is 33.7 Å². The highest BCUT2D eigenvalue weighted by atomic mass is 16.4. The smallest absolute Gasteiger partial charge is 0.341 e. The molecule has 1 amide bonds. The molecule has 3 rings (SSSR count). The van der Waals surface area contributed by atoms with Crippen molar-refractivity contribution in [3.63, 3.8) is 0 Å². The number of nitrogens with zero attached hydrogens (tertiary/aromatic N) is 3. The Morgan fingerprint density at radius 2 is 2.05 bits per heavy atom. The Labute approximate surface area is 119 Å². The average Bonchev–Trinajstić information content (AvgIpc) is 3.22. The van der Waals surface area contributed by atoms with E-state index in [2.05, 4.69) is 0 Å². The van der Waals surface area contributed by atoms with E-state index in [1.807, 2.05) is 0 Å². The van der Waals surface area contributed by atoms with Gasteiger partial charge in [0, 0.05) is 19.8 Å². The first-order chi connectivity index (χ1) is 9.90. The van der Waals surface area contributed by atoms with Crippen molar-refractivity contribution in [2.45, 2.75) is 12.8 Å². The van der Waals surface area contributed by atoms with E-state index in [-0.39, 0.29) is 12.4 Å². The highest BCUT2D eigenvalue weighted by Gasteiger charge is 2.35. The SMILES string of the molecule is CN1CN(CC2CC2)C(=O)c2c(O)c(=O)c(C(=O)O)cn21. The molecule has 0 bridgehead atoms. The zero-order valence-corrected chi connectivity index (χ0v) is 11.4. The second-order valence-corrected chi connectivity index (χ2v) is 5.49. The minimum absolute atomic E-state index is 0.181. The van der Waals surface area contributed by atoms with Crippen molar-refractivity contribution in [3.8, 4) is 5.75 Å². The van der Waals surface area contributed by atoms with Crippen LogP contribution in [0.3, 0.4) is 0 Å². The molecule has 0 radical (unpaired) electrons. The lowest BCUT2D eigenvalue weighted by molar-refractivity contribution is 0.0664. The van der Waals surface area contributed by atoms with Crippen LogP contribution in [0.15, 0.2) is 11.0 Å². The first-order valence-electron chi connectivity index (χ1n) is 6.62. The first-order valence-corrected chi connectivity index (χ1v) is 6.62. The number of aromatic hydroxyl groups is 1.